The Morgan fingerprint density at radius 3 is 2.33 bits per heavy atom. The number of ether oxygens (including phenoxy) is 2. The van der Waals surface area contributed by atoms with Gasteiger partial charge in [-0.15, -0.1) is 0 Å². The van der Waals surface area contributed by atoms with Crippen molar-refractivity contribution in [1.29, 1.82) is 10.5 Å². The van der Waals surface area contributed by atoms with E-state index in [9.17, 15) is 18.0 Å². The summed E-state index contributed by atoms with van der Waals surface area (Å²) >= 11 is 0. The van der Waals surface area contributed by atoms with Gasteiger partial charge in [0.25, 0.3) is 5.91 Å². The highest BCUT2D eigenvalue weighted by atomic mass is 19.4. The fourth-order valence-electron chi connectivity index (χ4n) is 1.95. The van der Waals surface area contributed by atoms with E-state index in [1.54, 1.807) is 6.07 Å². The lowest BCUT2D eigenvalue weighted by molar-refractivity contribution is -0.153. The van der Waals surface area contributed by atoms with Crippen molar-refractivity contribution in [3.8, 4) is 23.6 Å². The topological polar surface area (TPSA) is 95.1 Å². The summed E-state index contributed by atoms with van der Waals surface area (Å²) in [7, 11) is 0. The van der Waals surface area contributed by atoms with Gasteiger partial charge in [0.2, 0.25) is 0 Å². The standard InChI is InChI=1S/C18H12F3N3O3/c19-18(20,21)11-27-16-6-3-14(7-13(16)9-23)24-17(25)10-26-15-4-1-12(8-22)2-5-15/h1-7H,10-11H2,(H,24,25). The lowest BCUT2D eigenvalue weighted by Gasteiger charge is -2.12. The number of nitrogens with zero attached hydrogens (tertiary/aromatic N) is 2. The second kappa shape index (κ2) is 8.59. The number of nitriles is 2. The highest BCUT2D eigenvalue weighted by molar-refractivity contribution is 5.92. The van der Waals surface area contributed by atoms with E-state index in [-0.39, 0.29) is 23.6 Å². The van der Waals surface area contributed by atoms with E-state index >= 15 is 0 Å². The number of amides is 1. The summed E-state index contributed by atoms with van der Waals surface area (Å²) in [6.45, 7) is -1.86. The normalized spacial score (nSPS) is 10.4. The maximum absolute atomic E-state index is 12.2. The van der Waals surface area contributed by atoms with Crippen molar-refractivity contribution in [2.75, 3.05) is 18.5 Å². The Hall–Kier alpha value is -3.72. The summed E-state index contributed by atoms with van der Waals surface area (Å²) in [6, 6.07) is 13.5. The van der Waals surface area contributed by atoms with E-state index < -0.39 is 18.7 Å². The van der Waals surface area contributed by atoms with Crippen LogP contribution < -0.4 is 14.8 Å². The van der Waals surface area contributed by atoms with Crippen LogP contribution in [0.3, 0.4) is 0 Å². The van der Waals surface area contributed by atoms with Gasteiger partial charge in [-0.25, -0.2) is 0 Å². The lowest BCUT2D eigenvalue weighted by Crippen LogP contribution is -2.21. The van der Waals surface area contributed by atoms with Gasteiger partial charge in [-0.1, -0.05) is 0 Å². The zero-order valence-electron chi connectivity index (χ0n) is 13.7. The van der Waals surface area contributed by atoms with E-state index in [2.05, 4.69) is 10.1 Å². The van der Waals surface area contributed by atoms with E-state index in [1.807, 2.05) is 6.07 Å². The molecule has 0 saturated heterocycles. The van der Waals surface area contributed by atoms with Crippen LogP contribution in [0.15, 0.2) is 42.5 Å². The first kappa shape index (κ1) is 19.6. The molecule has 0 spiro atoms. The number of halogens is 3. The Balaban J connectivity index is 1.94. The molecule has 0 aromatic heterocycles. The van der Waals surface area contributed by atoms with Gasteiger partial charge in [0, 0.05) is 5.69 Å². The van der Waals surface area contributed by atoms with Crippen LogP contribution in [0.2, 0.25) is 0 Å². The number of carbonyl (C=O) groups excluding carboxylic acids is 1. The molecule has 6 nitrogen and oxygen atoms in total. The third-order valence-corrected chi connectivity index (χ3v) is 3.13. The molecule has 1 amide bonds. The largest absolute Gasteiger partial charge is 0.484 e. The van der Waals surface area contributed by atoms with E-state index in [1.165, 1.54) is 42.5 Å². The molecule has 138 valence electrons. The Morgan fingerprint density at radius 1 is 1.04 bits per heavy atom. The van der Waals surface area contributed by atoms with Gasteiger partial charge in [0.15, 0.2) is 13.2 Å². The van der Waals surface area contributed by atoms with Crippen molar-refractivity contribution >= 4 is 11.6 Å². The molecule has 0 atom stereocenters. The van der Waals surface area contributed by atoms with Crippen LogP contribution in [0.4, 0.5) is 18.9 Å². The zero-order valence-corrected chi connectivity index (χ0v) is 13.7. The molecule has 27 heavy (non-hydrogen) atoms. The van der Waals surface area contributed by atoms with Crippen molar-refractivity contribution in [2.45, 2.75) is 6.18 Å². The molecule has 2 aromatic carbocycles. The third-order valence-electron chi connectivity index (χ3n) is 3.13. The van der Waals surface area contributed by atoms with Gasteiger partial charge in [0.1, 0.15) is 17.6 Å². The van der Waals surface area contributed by atoms with Crippen LogP contribution in [-0.2, 0) is 4.79 Å². The van der Waals surface area contributed by atoms with Crippen molar-refractivity contribution in [3.05, 3.63) is 53.6 Å². The number of carbonyl (C=O) groups is 1. The van der Waals surface area contributed by atoms with E-state index in [0.29, 0.717) is 11.3 Å². The Bertz CT molecular complexity index is 897. The summed E-state index contributed by atoms with van der Waals surface area (Å²) in [5, 5.41) is 20.2. The van der Waals surface area contributed by atoms with Crippen LogP contribution in [0.25, 0.3) is 0 Å². The second-order valence-electron chi connectivity index (χ2n) is 5.20. The molecule has 0 aliphatic carbocycles. The fraction of sp³-hybridized carbons (Fsp3) is 0.167. The van der Waals surface area contributed by atoms with Gasteiger partial charge in [-0.05, 0) is 42.5 Å². The lowest BCUT2D eigenvalue weighted by atomic mass is 10.2. The molecular weight excluding hydrogens is 363 g/mol. The van der Waals surface area contributed by atoms with Crippen LogP contribution in [0.1, 0.15) is 11.1 Å². The second-order valence-corrected chi connectivity index (χ2v) is 5.20. The van der Waals surface area contributed by atoms with Gasteiger partial charge >= 0.3 is 6.18 Å². The molecule has 2 rings (SSSR count). The summed E-state index contributed by atoms with van der Waals surface area (Å²) in [5.41, 5.74) is 0.507. The van der Waals surface area contributed by atoms with Crippen LogP contribution in [0.5, 0.6) is 11.5 Å². The summed E-state index contributed by atoms with van der Waals surface area (Å²) in [6.07, 6.45) is -4.53. The highest BCUT2D eigenvalue weighted by Crippen LogP contribution is 2.25. The monoisotopic (exact) mass is 375 g/mol. The molecule has 0 unspecified atom stereocenters. The van der Waals surface area contributed by atoms with E-state index in [4.69, 9.17) is 15.3 Å². The van der Waals surface area contributed by atoms with Crippen LogP contribution >= 0.6 is 0 Å². The summed E-state index contributed by atoms with van der Waals surface area (Å²) in [5.74, 6) is -0.383. The van der Waals surface area contributed by atoms with Crippen molar-refractivity contribution < 1.29 is 27.4 Å². The summed E-state index contributed by atoms with van der Waals surface area (Å²) in [4.78, 5) is 11.9. The Kier molecular flexibility index (Phi) is 6.23. The predicted octanol–water partition coefficient (Wildman–Crippen LogP) is 3.39. The number of alkyl halides is 3. The van der Waals surface area contributed by atoms with Gasteiger partial charge < -0.3 is 14.8 Å². The number of rotatable bonds is 6. The van der Waals surface area contributed by atoms with Crippen molar-refractivity contribution in [3.63, 3.8) is 0 Å². The number of anilines is 1. The SMILES string of the molecule is N#Cc1ccc(OCC(=O)Nc2ccc(OCC(F)(F)F)c(C#N)c2)cc1. The number of benzene rings is 2. The molecule has 0 aliphatic heterocycles. The third kappa shape index (κ3) is 6.25. The minimum absolute atomic E-state index is 0.148. The van der Waals surface area contributed by atoms with Crippen LogP contribution in [0, 0.1) is 22.7 Å². The average molecular weight is 375 g/mol. The molecule has 0 bridgehead atoms. The minimum atomic E-state index is -4.53. The smallest absolute Gasteiger partial charge is 0.422 e. The molecule has 2 aromatic rings. The number of nitrogens with one attached hydrogen (secondary N) is 1. The van der Waals surface area contributed by atoms with Gasteiger partial charge in [-0.3, -0.25) is 4.79 Å². The van der Waals surface area contributed by atoms with E-state index in [0.717, 1.165) is 0 Å². The number of hydrogen-bond donors (Lipinski definition) is 1. The van der Waals surface area contributed by atoms with Gasteiger partial charge in [-0.2, -0.15) is 23.7 Å². The Labute approximate surface area is 152 Å². The molecular formula is C18H12F3N3O3. The molecule has 0 aliphatic rings. The molecule has 9 heteroatoms. The van der Waals surface area contributed by atoms with Crippen molar-refractivity contribution in [1.82, 2.24) is 0 Å². The quantitative estimate of drug-likeness (QED) is 0.835. The van der Waals surface area contributed by atoms with Crippen LogP contribution in [-0.4, -0.2) is 25.3 Å². The maximum Gasteiger partial charge on any atom is 0.422 e. The van der Waals surface area contributed by atoms with Crippen molar-refractivity contribution in [2.24, 2.45) is 0 Å². The first-order valence-corrected chi connectivity index (χ1v) is 7.47. The highest BCUT2D eigenvalue weighted by Gasteiger charge is 2.28. The average Bonchev–Trinajstić information content (AvgIpc) is 2.65. The summed E-state index contributed by atoms with van der Waals surface area (Å²) < 4.78 is 46.4. The zero-order chi connectivity index (χ0) is 19.9. The minimum Gasteiger partial charge on any atom is -0.484 e. The first-order chi connectivity index (χ1) is 12.8. The molecule has 1 N–H and O–H groups in total. The predicted molar refractivity (Wildman–Crippen MR) is 88.0 cm³/mol. The Morgan fingerprint density at radius 2 is 1.74 bits per heavy atom. The number of hydrogen-bond acceptors (Lipinski definition) is 5. The fourth-order valence-corrected chi connectivity index (χ4v) is 1.95. The molecule has 0 saturated carbocycles. The molecule has 0 radical (unpaired) electrons. The first-order valence-electron chi connectivity index (χ1n) is 7.47. The van der Waals surface area contributed by atoms with Gasteiger partial charge in [0.05, 0.1) is 17.2 Å². The maximum atomic E-state index is 12.2. The molecule has 0 fully saturated rings. The molecule has 0 heterocycles.